The highest BCUT2D eigenvalue weighted by molar-refractivity contribution is 14.0. The first-order chi connectivity index (χ1) is 12.6. The molecule has 1 amide bonds. The summed E-state index contributed by atoms with van der Waals surface area (Å²) in [4.78, 5) is 19.0. The van der Waals surface area contributed by atoms with Crippen molar-refractivity contribution in [2.75, 3.05) is 33.7 Å². The smallest absolute Gasteiger partial charge is 0.251 e. The lowest BCUT2D eigenvalue weighted by Crippen LogP contribution is -2.42. The van der Waals surface area contributed by atoms with E-state index in [1.807, 2.05) is 43.3 Å². The number of rotatable bonds is 8. The molecule has 0 unspecified atom stereocenters. The van der Waals surface area contributed by atoms with Crippen molar-refractivity contribution in [3.05, 3.63) is 35.4 Å². The maximum Gasteiger partial charge on any atom is 0.251 e. The number of nitrogens with one attached hydrogen (secondary N) is 3. The summed E-state index contributed by atoms with van der Waals surface area (Å²) in [6.07, 6.45) is 5.02. The molecule has 1 aromatic rings. The van der Waals surface area contributed by atoms with Crippen molar-refractivity contribution in [3.8, 4) is 0 Å². The summed E-state index contributed by atoms with van der Waals surface area (Å²) in [5.74, 6) is 0.828. The highest BCUT2D eigenvalue weighted by Crippen LogP contribution is 2.17. The highest BCUT2D eigenvalue weighted by atomic mass is 127. The van der Waals surface area contributed by atoms with E-state index in [0.29, 0.717) is 24.7 Å². The Morgan fingerprint density at radius 3 is 2.63 bits per heavy atom. The molecule has 2 rings (SSSR count). The van der Waals surface area contributed by atoms with E-state index in [4.69, 9.17) is 0 Å². The second-order valence-electron chi connectivity index (χ2n) is 7.08. The molecule has 152 valence electrons. The third kappa shape index (κ3) is 8.92. The Bertz CT molecular complexity index is 600. The summed E-state index contributed by atoms with van der Waals surface area (Å²) < 4.78 is 0. The molecule has 1 aromatic carbocycles. The molecule has 0 saturated heterocycles. The fraction of sp³-hybridized carbons (Fsp3) is 0.600. The average molecular weight is 487 g/mol. The molecule has 1 saturated carbocycles. The Balaban J connectivity index is 0.00000364. The van der Waals surface area contributed by atoms with Gasteiger partial charge in [-0.2, -0.15) is 0 Å². The zero-order valence-corrected chi connectivity index (χ0v) is 19.1. The molecule has 27 heavy (non-hydrogen) atoms. The predicted octanol–water partition coefficient (Wildman–Crippen LogP) is 2.59. The van der Waals surface area contributed by atoms with Crippen molar-refractivity contribution in [2.24, 2.45) is 4.99 Å². The summed E-state index contributed by atoms with van der Waals surface area (Å²) in [6.45, 7) is 4.94. The maximum absolute atomic E-state index is 12.3. The van der Waals surface area contributed by atoms with Crippen LogP contribution in [0.5, 0.6) is 0 Å². The van der Waals surface area contributed by atoms with Gasteiger partial charge in [-0.1, -0.05) is 25.0 Å². The number of nitrogens with zero attached hydrogens (tertiary/aromatic N) is 2. The first kappa shape index (κ1) is 23.7. The summed E-state index contributed by atoms with van der Waals surface area (Å²) in [7, 11) is 3.98. The molecule has 1 aliphatic carbocycles. The minimum Gasteiger partial charge on any atom is -0.357 e. The van der Waals surface area contributed by atoms with Gasteiger partial charge in [-0.05, 0) is 51.6 Å². The molecule has 3 N–H and O–H groups in total. The molecule has 1 fully saturated rings. The third-order valence-electron chi connectivity index (χ3n) is 4.49. The number of hydrogen-bond donors (Lipinski definition) is 3. The fourth-order valence-corrected chi connectivity index (χ4v) is 3.06. The first-order valence-electron chi connectivity index (χ1n) is 9.65. The number of hydrogen-bond acceptors (Lipinski definition) is 3. The van der Waals surface area contributed by atoms with E-state index >= 15 is 0 Å². The van der Waals surface area contributed by atoms with Gasteiger partial charge in [0.2, 0.25) is 0 Å². The minimum absolute atomic E-state index is 0. The Hall–Kier alpha value is -1.35. The zero-order valence-electron chi connectivity index (χ0n) is 16.8. The third-order valence-corrected chi connectivity index (χ3v) is 4.49. The second kappa shape index (κ2) is 12.9. The SMILES string of the molecule is CCNC(=NCc1cccc(C(=O)NCCN(C)C)c1)NC1CCCC1.I. The number of carbonyl (C=O) groups excluding carboxylic acids is 1. The number of guanidine groups is 1. The standard InChI is InChI=1S/C20H33N5O.HI/c1-4-21-20(24-18-10-5-6-11-18)23-15-16-8-7-9-17(14-16)19(26)22-12-13-25(2)3;/h7-9,14,18H,4-6,10-13,15H2,1-3H3,(H,22,26)(H2,21,23,24);1H. The lowest BCUT2D eigenvalue weighted by Gasteiger charge is -2.16. The topological polar surface area (TPSA) is 68.8 Å². The van der Waals surface area contributed by atoms with E-state index in [0.717, 1.165) is 24.6 Å². The van der Waals surface area contributed by atoms with E-state index in [2.05, 4.69) is 27.9 Å². The molecule has 0 bridgehead atoms. The summed E-state index contributed by atoms with van der Waals surface area (Å²) in [5.41, 5.74) is 1.72. The lowest BCUT2D eigenvalue weighted by molar-refractivity contribution is 0.0951. The van der Waals surface area contributed by atoms with Gasteiger partial charge in [0.05, 0.1) is 6.54 Å². The van der Waals surface area contributed by atoms with Crippen LogP contribution in [0.15, 0.2) is 29.3 Å². The Morgan fingerprint density at radius 2 is 1.96 bits per heavy atom. The molecular weight excluding hydrogens is 453 g/mol. The quantitative estimate of drug-likeness (QED) is 0.300. The maximum atomic E-state index is 12.3. The monoisotopic (exact) mass is 487 g/mol. The number of aliphatic imine (C=N–C) groups is 1. The van der Waals surface area contributed by atoms with Gasteiger partial charge < -0.3 is 20.9 Å². The summed E-state index contributed by atoms with van der Waals surface area (Å²) in [5, 5.41) is 9.78. The van der Waals surface area contributed by atoms with Gasteiger partial charge >= 0.3 is 0 Å². The van der Waals surface area contributed by atoms with E-state index in [-0.39, 0.29) is 29.9 Å². The lowest BCUT2D eigenvalue weighted by atomic mass is 10.1. The van der Waals surface area contributed by atoms with Gasteiger partial charge in [0, 0.05) is 31.2 Å². The van der Waals surface area contributed by atoms with Crippen LogP contribution in [0, 0.1) is 0 Å². The minimum atomic E-state index is -0.0336. The van der Waals surface area contributed by atoms with Gasteiger partial charge in [0.15, 0.2) is 5.96 Å². The normalized spacial score (nSPS) is 14.7. The zero-order chi connectivity index (χ0) is 18.8. The van der Waals surface area contributed by atoms with Gasteiger partial charge in [0.25, 0.3) is 5.91 Å². The van der Waals surface area contributed by atoms with Crippen molar-refractivity contribution in [2.45, 2.75) is 45.2 Å². The van der Waals surface area contributed by atoms with Crippen LogP contribution >= 0.6 is 24.0 Å². The van der Waals surface area contributed by atoms with Crippen LogP contribution in [0.25, 0.3) is 0 Å². The molecule has 0 heterocycles. The van der Waals surface area contributed by atoms with Crippen molar-refractivity contribution in [1.82, 2.24) is 20.9 Å². The van der Waals surface area contributed by atoms with Gasteiger partial charge in [-0.25, -0.2) is 4.99 Å². The Labute approximate surface area is 180 Å². The van der Waals surface area contributed by atoms with E-state index in [1.54, 1.807) is 0 Å². The molecular formula is C20H34IN5O. The van der Waals surface area contributed by atoms with Crippen molar-refractivity contribution in [1.29, 1.82) is 0 Å². The van der Waals surface area contributed by atoms with E-state index in [1.165, 1.54) is 25.7 Å². The molecule has 0 aromatic heterocycles. The molecule has 0 atom stereocenters. The van der Waals surface area contributed by atoms with Gasteiger partial charge in [0.1, 0.15) is 0 Å². The number of halogens is 1. The molecule has 1 aliphatic rings. The van der Waals surface area contributed by atoms with Crippen LogP contribution in [0.4, 0.5) is 0 Å². The van der Waals surface area contributed by atoms with Crippen LogP contribution in [0.1, 0.15) is 48.5 Å². The van der Waals surface area contributed by atoms with Crippen molar-refractivity contribution in [3.63, 3.8) is 0 Å². The number of likely N-dealkylation sites (N-methyl/N-ethyl adjacent to an activating group) is 1. The predicted molar refractivity (Wildman–Crippen MR) is 123 cm³/mol. The molecule has 0 aliphatic heterocycles. The van der Waals surface area contributed by atoms with E-state index < -0.39 is 0 Å². The number of amides is 1. The van der Waals surface area contributed by atoms with Crippen molar-refractivity contribution < 1.29 is 4.79 Å². The summed E-state index contributed by atoms with van der Waals surface area (Å²) in [6, 6.07) is 8.23. The van der Waals surface area contributed by atoms with Crippen LogP contribution in [0.3, 0.4) is 0 Å². The fourth-order valence-electron chi connectivity index (χ4n) is 3.06. The summed E-state index contributed by atoms with van der Waals surface area (Å²) >= 11 is 0. The van der Waals surface area contributed by atoms with Crippen LogP contribution in [-0.2, 0) is 6.54 Å². The van der Waals surface area contributed by atoms with Crippen molar-refractivity contribution >= 4 is 35.8 Å². The van der Waals surface area contributed by atoms with Crippen LogP contribution < -0.4 is 16.0 Å². The molecule has 0 radical (unpaired) electrons. The highest BCUT2D eigenvalue weighted by Gasteiger charge is 2.15. The van der Waals surface area contributed by atoms with E-state index in [9.17, 15) is 4.79 Å². The van der Waals surface area contributed by atoms with Crippen LogP contribution in [-0.4, -0.2) is 56.5 Å². The largest absolute Gasteiger partial charge is 0.357 e. The molecule has 6 nitrogen and oxygen atoms in total. The van der Waals surface area contributed by atoms with Gasteiger partial charge in [-0.3, -0.25) is 4.79 Å². The average Bonchev–Trinajstić information content (AvgIpc) is 3.13. The second-order valence-corrected chi connectivity index (χ2v) is 7.08. The molecule has 0 spiro atoms. The van der Waals surface area contributed by atoms with Crippen LogP contribution in [0.2, 0.25) is 0 Å². The Morgan fingerprint density at radius 1 is 1.22 bits per heavy atom. The first-order valence-corrected chi connectivity index (χ1v) is 9.65. The number of benzene rings is 1. The Kier molecular flexibility index (Phi) is 11.3. The van der Waals surface area contributed by atoms with Gasteiger partial charge in [-0.15, -0.1) is 24.0 Å². The molecule has 7 heteroatoms. The number of carbonyl (C=O) groups is 1.